The van der Waals surface area contributed by atoms with E-state index in [-0.39, 0.29) is 10.8 Å². The molecule has 0 saturated heterocycles. The molecule has 4 heteroatoms. The van der Waals surface area contributed by atoms with E-state index in [2.05, 4.69) is 229 Å². The molecule has 4 nitrogen and oxygen atoms in total. The van der Waals surface area contributed by atoms with Gasteiger partial charge in [-0.25, -0.2) is 9.13 Å². The molecule has 0 spiro atoms. The summed E-state index contributed by atoms with van der Waals surface area (Å²) in [5, 5.41) is 0. The molecule has 0 radical (unpaired) electrons. The molecule has 8 aromatic rings. The molecule has 56 heavy (non-hydrogen) atoms. The van der Waals surface area contributed by atoms with Crippen LogP contribution in [0.3, 0.4) is 0 Å². The van der Waals surface area contributed by atoms with E-state index in [9.17, 15) is 0 Å². The van der Waals surface area contributed by atoms with Crippen molar-refractivity contribution in [3.05, 3.63) is 205 Å². The van der Waals surface area contributed by atoms with Crippen LogP contribution in [0.15, 0.2) is 183 Å². The average Bonchev–Trinajstić information content (AvgIpc) is 3.83. The van der Waals surface area contributed by atoms with Crippen LogP contribution in [0.5, 0.6) is 0 Å². The summed E-state index contributed by atoms with van der Waals surface area (Å²) in [4.78, 5) is 4.75. The molecule has 272 valence electrons. The van der Waals surface area contributed by atoms with E-state index < -0.39 is 0 Å². The van der Waals surface area contributed by atoms with Crippen LogP contribution >= 0.6 is 0 Å². The van der Waals surface area contributed by atoms with Crippen molar-refractivity contribution in [2.45, 2.75) is 38.5 Å². The quantitative estimate of drug-likeness (QED) is 0.152. The van der Waals surface area contributed by atoms with Crippen molar-refractivity contribution in [1.82, 2.24) is 4.57 Å². The number of benzene rings is 7. The molecule has 10 rings (SSSR count). The normalized spacial score (nSPS) is 14.1. The molecule has 0 saturated carbocycles. The minimum absolute atomic E-state index is 0.171. The first-order valence-electron chi connectivity index (χ1n) is 19.6. The van der Waals surface area contributed by atoms with E-state index >= 15 is 0 Å². The summed E-state index contributed by atoms with van der Waals surface area (Å²) in [6.07, 6.45) is 6.23. The van der Waals surface area contributed by atoms with Gasteiger partial charge in [0, 0.05) is 45.0 Å². The van der Waals surface area contributed by atoms with Crippen LogP contribution in [-0.4, -0.2) is 4.57 Å². The molecule has 0 fully saturated rings. The van der Waals surface area contributed by atoms with Gasteiger partial charge in [0.15, 0.2) is 0 Å². The van der Waals surface area contributed by atoms with Crippen molar-refractivity contribution >= 4 is 34.1 Å². The van der Waals surface area contributed by atoms with Crippen molar-refractivity contribution in [2.75, 3.05) is 9.80 Å². The summed E-state index contributed by atoms with van der Waals surface area (Å²) in [5.74, 6) is 0. The van der Waals surface area contributed by atoms with E-state index in [1.165, 1.54) is 50.2 Å². The average molecular weight is 726 g/mol. The molecule has 0 amide bonds. The molecule has 2 aliphatic carbocycles. The summed E-state index contributed by atoms with van der Waals surface area (Å²) in [6, 6.07) is 60.1. The van der Waals surface area contributed by atoms with Crippen LogP contribution in [0.1, 0.15) is 49.9 Å². The Hall–Kier alpha value is -6.65. The maximum atomic E-state index is 2.51. The van der Waals surface area contributed by atoms with E-state index in [0.717, 1.165) is 34.1 Å². The fourth-order valence-electron chi connectivity index (χ4n) is 9.22. The highest BCUT2D eigenvalue weighted by Gasteiger charge is 2.42. The van der Waals surface area contributed by atoms with Crippen LogP contribution in [0, 0.1) is 0 Å². The topological polar surface area (TPSA) is 15.3 Å². The predicted molar refractivity (Wildman–Crippen MR) is 231 cm³/mol. The van der Waals surface area contributed by atoms with Gasteiger partial charge in [-0.15, -0.1) is 0 Å². The van der Waals surface area contributed by atoms with Gasteiger partial charge in [0.2, 0.25) is 6.33 Å². The maximum absolute atomic E-state index is 2.51. The number of para-hydroxylation sites is 3. The van der Waals surface area contributed by atoms with E-state index in [1.54, 1.807) is 0 Å². The van der Waals surface area contributed by atoms with E-state index in [1.807, 2.05) is 7.05 Å². The number of imidazole rings is 1. The highest BCUT2D eigenvalue weighted by Crippen LogP contribution is 2.57. The van der Waals surface area contributed by atoms with Crippen LogP contribution in [0.4, 0.5) is 34.1 Å². The lowest BCUT2D eigenvalue weighted by Crippen LogP contribution is -2.23. The summed E-state index contributed by atoms with van der Waals surface area (Å²) in [5.41, 5.74) is 18.5. The second kappa shape index (κ2) is 12.7. The lowest BCUT2D eigenvalue weighted by molar-refractivity contribution is -0.670. The molecular formula is C52H45N4+. The van der Waals surface area contributed by atoms with Crippen molar-refractivity contribution in [3.63, 3.8) is 0 Å². The lowest BCUT2D eigenvalue weighted by atomic mass is 9.79. The first-order valence-corrected chi connectivity index (χ1v) is 19.6. The highest BCUT2D eigenvalue weighted by atomic mass is 15.2. The van der Waals surface area contributed by atoms with Crippen molar-refractivity contribution in [1.29, 1.82) is 0 Å². The Morgan fingerprint density at radius 3 is 1.18 bits per heavy atom. The van der Waals surface area contributed by atoms with Crippen molar-refractivity contribution < 1.29 is 4.57 Å². The monoisotopic (exact) mass is 725 g/mol. The van der Waals surface area contributed by atoms with Gasteiger partial charge in [0.1, 0.15) is 18.1 Å². The van der Waals surface area contributed by atoms with Gasteiger partial charge in [0.05, 0.1) is 7.05 Å². The summed E-state index contributed by atoms with van der Waals surface area (Å²) in [6.45, 7) is 9.59. The van der Waals surface area contributed by atoms with Gasteiger partial charge < -0.3 is 9.80 Å². The number of aromatic nitrogens is 2. The number of anilines is 6. The van der Waals surface area contributed by atoms with E-state index in [0.29, 0.717) is 0 Å². The molecule has 0 N–H and O–H groups in total. The number of aryl methyl sites for hydroxylation is 1. The maximum Gasteiger partial charge on any atom is 0.248 e. The minimum Gasteiger partial charge on any atom is -0.310 e. The summed E-state index contributed by atoms with van der Waals surface area (Å²) in [7, 11) is 2.05. The Morgan fingerprint density at radius 2 is 0.786 bits per heavy atom. The Bertz CT molecular complexity index is 2700. The van der Waals surface area contributed by atoms with Crippen LogP contribution in [-0.2, 0) is 17.9 Å². The van der Waals surface area contributed by atoms with Crippen LogP contribution in [0.2, 0.25) is 0 Å². The molecule has 0 atom stereocenters. The van der Waals surface area contributed by atoms with Gasteiger partial charge in [-0.1, -0.05) is 94.4 Å². The number of nitrogens with zero attached hydrogens (tertiary/aromatic N) is 4. The predicted octanol–water partition coefficient (Wildman–Crippen LogP) is 12.9. The molecule has 1 aromatic heterocycles. The third-order valence-electron chi connectivity index (χ3n) is 12.2. The number of fused-ring (bicyclic) bond motifs is 6. The fraction of sp³-hybridized carbons (Fsp3) is 0.135. The van der Waals surface area contributed by atoms with Crippen molar-refractivity contribution in [2.24, 2.45) is 7.05 Å². The fourth-order valence-corrected chi connectivity index (χ4v) is 9.22. The smallest absolute Gasteiger partial charge is 0.248 e. The molecule has 2 aliphatic rings. The Kier molecular flexibility index (Phi) is 7.69. The first kappa shape index (κ1) is 33.9. The lowest BCUT2D eigenvalue weighted by Gasteiger charge is -2.28. The Labute approximate surface area is 330 Å². The Morgan fingerprint density at radius 1 is 0.411 bits per heavy atom. The van der Waals surface area contributed by atoms with Gasteiger partial charge in [-0.05, 0) is 142 Å². The zero-order valence-corrected chi connectivity index (χ0v) is 32.6. The van der Waals surface area contributed by atoms with Gasteiger partial charge >= 0.3 is 0 Å². The number of rotatable bonds is 7. The van der Waals surface area contributed by atoms with Crippen molar-refractivity contribution in [3.8, 4) is 27.9 Å². The molecule has 0 bridgehead atoms. The molecule has 7 aromatic carbocycles. The summed E-state index contributed by atoms with van der Waals surface area (Å²) >= 11 is 0. The standard InChI is InChI=1S/C52H45N4/c1-51(2)47-31-41(55(37-15-9-6-10-16-37)38-17-11-7-12-18-38)25-27-43(47)45-33-50-46(34-49(45)51)44-28-26-42(32-48(44)52(50,3)4)56(39-19-13-8-14-20-39)40-23-21-36(22-24-40)54-30-29-53(5)35-54/h6-35H,1-5H3/q+1. The second-order valence-electron chi connectivity index (χ2n) is 16.3. The van der Waals surface area contributed by atoms with Gasteiger partial charge in [-0.3, -0.25) is 0 Å². The number of hydrogen-bond donors (Lipinski definition) is 0. The molecule has 0 unspecified atom stereocenters. The Balaban J connectivity index is 1.05. The molecular weight excluding hydrogens is 681 g/mol. The van der Waals surface area contributed by atoms with E-state index in [4.69, 9.17) is 0 Å². The molecule has 1 heterocycles. The largest absolute Gasteiger partial charge is 0.310 e. The third-order valence-corrected chi connectivity index (χ3v) is 12.2. The zero-order valence-electron chi connectivity index (χ0n) is 32.6. The number of hydrogen-bond acceptors (Lipinski definition) is 2. The third kappa shape index (κ3) is 5.31. The highest BCUT2D eigenvalue weighted by molar-refractivity contribution is 5.92. The minimum atomic E-state index is -0.184. The van der Waals surface area contributed by atoms with Gasteiger partial charge in [0.25, 0.3) is 0 Å². The first-order chi connectivity index (χ1) is 27.2. The zero-order chi connectivity index (χ0) is 38.2. The second-order valence-corrected chi connectivity index (χ2v) is 16.3. The summed E-state index contributed by atoms with van der Waals surface area (Å²) < 4.78 is 4.21. The van der Waals surface area contributed by atoms with Gasteiger partial charge in [-0.2, -0.15) is 0 Å². The van der Waals surface area contributed by atoms with Crippen LogP contribution in [0.25, 0.3) is 27.9 Å². The SMILES string of the molecule is C[n+]1ccn(-c2ccc(N(c3ccccc3)c3ccc4c(c3)C(C)(C)c3cc5c(cc3-4)C(C)(C)c3cc(N(c4ccccc4)c4ccccc4)ccc3-5)cc2)c1. The van der Waals surface area contributed by atoms with Crippen LogP contribution < -0.4 is 14.4 Å². The molecule has 0 aliphatic heterocycles.